The molecule has 2 aromatic carbocycles. The summed E-state index contributed by atoms with van der Waals surface area (Å²) in [6.07, 6.45) is -5.32. The normalized spacial score (nSPS) is 24.4. The predicted octanol–water partition coefficient (Wildman–Crippen LogP) is 3.45. The van der Waals surface area contributed by atoms with Crippen LogP contribution in [0.25, 0.3) is 0 Å². The molecule has 1 saturated heterocycles. The van der Waals surface area contributed by atoms with Crippen molar-refractivity contribution in [2.24, 2.45) is 5.92 Å². The van der Waals surface area contributed by atoms with Gasteiger partial charge in [-0.3, -0.25) is 4.79 Å². The highest BCUT2D eigenvalue weighted by atomic mass is 35.5. The number of hydrogen-bond acceptors (Lipinski definition) is 4. The van der Waals surface area contributed by atoms with Gasteiger partial charge in [0.05, 0.1) is 13.2 Å². The van der Waals surface area contributed by atoms with E-state index in [1.807, 2.05) is 0 Å². The summed E-state index contributed by atoms with van der Waals surface area (Å²) in [6.45, 7) is 0. The Morgan fingerprint density at radius 3 is 2.45 bits per heavy atom. The van der Waals surface area contributed by atoms with Gasteiger partial charge in [-0.25, -0.2) is 4.79 Å². The number of nitrogens with one attached hydrogen (secondary N) is 2. The first-order chi connectivity index (χ1) is 13.6. The zero-order chi connectivity index (χ0) is 21.4. The van der Waals surface area contributed by atoms with Crippen LogP contribution in [0.2, 0.25) is 5.02 Å². The van der Waals surface area contributed by atoms with E-state index in [4.69, 9.17) is 16.3 Å². The molecule has 0 bridgehead atoms. The molecule has 1 fully saturated rings. The number of halogens is 4. The van der Waals surface area contributed by atoms with Crippen molar-refractivity contribution < 1.29 is 32.6 Å². The lowest BCUT2D eigenvalue weighted by Gasteiger charge is -2.45. The van der Waals surface area contributed by atoms with Crippen molar-refractivity contribution in [2.45, 2.75) is 17.9 Å². The predicted molar refractivity (Wildman–Crippen MR) is 97.7 cm³/mol. The molecule has 1 aliphatic rings. The van der Waals surface area contributed by atoms with Crippen LogP contribution in [0.15, 0.2) is 48.5 Å². The molecule has 0 spiro atoms. The number of carbonyl (C=O) groups is 2. The van der Waals surface area contributed by atoms with Crippen molar-refractivity contribution in [3.8, 4) is 5.75 Å². The van der Waals surface area contributed by atoms with E-state index < -0.39 is 35.7 Å². The minimum atomic E-state index is -5.32. The number of ketones is 1. The second-order valence-electron chi connectivity index (χ2n) is 6.47. The van der Waals surface area contributed by atoms with E-state index in [0.29, 0.717) is 5.75 Å². The van der Waals surface area contributed by atoms with Crippen molar-refractivity contribution in [1.82, 2.24) is 10.6 Å². The lowest BCUT2D eigenvalue weighted by Crippen LogP contribution is -2.72. The molecular weight excluding hydrogens is 413 g/mol. The van der Waals surface area contributed by atoms with Crippen LogP contribution in [-0.4, -0.2) is 35.9 Å². The minimum absolute atomic E-state index is 0.104. The number of hydrogen-bond donors (Lipinski definition) is 3. The van der Waals surface area contributed by atoms with Gasteiger partial charge in [0, 0.05) is 10.6 Å². The lowest BCUT2D eigenvalue weighted by molar-refractivity contribution is -0.287. The summed E-state index contributed by atoms with van der Waals surface area (Å²) in [5.74, 6) is -2.83. The van der Waals surface area contributed by atoms with E-state index in [0.717, 1.165) is 0 Å². The van der Waals surface area contributed by atoms with Crippen molar-refractivity contribution in [1.29, 1.82) is 0 Å². The number of Topliss-reactive ketones (excluding diaryl/α,β-unsaturated/α-hetero) is 1. The SMILES string of the molecule is COc1cccc([C@@H]2NC(=O)N[C@@](O)(C(F)(F)F)[C@H]2C(=O)c2ccc(Cl)cc2)c1. The number of aliphatic hydroxyl groups is 1. The largest absolute Gasteiger partial charge is 0.497 e. The molecule has 10 heteroatoms. The van der Waals surface area contributed by atoms with Gasteiger partial charge in [0.2, 0.25) is 5.72 Å². The molecule has 29 heavy (non-hydrogen) atoms. The standard InChI is InChI=1S/C19H16ClF3N2O4/c1-29-13-4-2-3-11(9-13)15-14(16(26)10-5-7-12(20)8-6-10)18(28,19(21,22)23)25-17(27)24-15/h2-9,14-15,28H,1H3,(H2,24,25,27)/t14-,15+,18+/m1/s1. The first-order valence-corrected chi connectivity index (χ1v) is 8.76. The Bertz CT molecular complexity index is 936. The van der Waals surface area contributed by atoms with Gasteiger partial charge in [-0.1, -0.05) is 23.7 Å². The molecule has 0 saturated carbocycles. The molecule has 154 valence electrons. The average Bonchev–Trinajstić information content (AvgIpc) is 2.66. The fourth-order valence-corrected chi connectivity index (χ4v) is 3.37. The molecule has 0 unspecified atom stereocenters. The third-order valence-electron chi connectivity index (χ3n) is 4.67. The van der Waals surface area contributed by atoms with Gasteiger partial charge < -0.3 is 20.5 Å². The van der Waals surface area contributed by atoms with E-state index in [2.05, 4.69) is 5.32 Å². The van der Waals surface area contributed by atoms with E-state index >= 15 is 0 Å². The molecule has 2 amide bonds. The molecule has 0 radical (unpaired) electrons. The van der Waals surface area contributed by atoms with Gasteiger partial charge in [0.25, 0.3) is 0 Å². The third kappa shape index (κ3) is 3.88. The minimum Gasteiger partial charge on any atom is -0.497 e. The van der Waals surface area contributed by atoms with Gasteiger partial charge in [-0.2, -0.15) is 13.2 Å². The Labute approximate surface area is 168 Å². The highest BCUT2D eigenvalue weighted by Gasteiger charge is 2.66. The van der Waals surface area contributed by atoms with Gasteiger partial charge in [0.1, 0.15) is 11.7 Å². The topological polar surface area (TPSA) is 87.7 Å². The van der Waals surface area contributed by atoms with Crippen molar-refractivity contribution in [3.63, 3.8) is 0 Å². The number of methoxy groups -OCH3 is 1. The molecule has 1 aliphatic heterocycles. The van der Waals surface area contributed by atoms with E-state index in [1.54, 1.807) is 6.07 Å². The summed E-state index contributed by atoms with van der Waals surface area (Å²) in [6, 6.07) is 8.31. The molecule has 0 aromatic heterocycles. The fourth-order valence-electron chi connectivity index (χ4n) is 3.25. The summed E-state index contributed by atoms with van der Waals surface area (Å²) in [5, 5.41) is 14.6. The van der Waals surface area contributed by atoms with Gasteiger partial charge in [-0.05, 0) is 42.0 Å². The van der Waals surface area contributed by atoms with Gasteiger partial charge >= 0.3 is 12.2 Å². The van der Waals surface area contributed by atoms with Crippen molar-refractivity contribution in [3.05, 3.63) is 64.7 Å². The van der Waals surface area contributed by atoms with Crippen LogP contribution in [0.1, 0.15) is 22.0 Å². The van der Waals surface area contributed by atoms with Crippen molar-refractivity contribution in [2.75, 3.05) is 7.11 Å². The highest BCUT2D eigenvalue weighted by Crippen LogP contribution is 2.44. The maximum atomic E-state index is 13.8. The molecule has 3 rings (SSSR count). The Morgan fingerprint density at radius 1 is 1.21 bits per heavy atom. The molecule has 6 nitrogen and oxygen atoms in total. The fraction of sp³-hybridized carbons (Fsp3) is 0.263. The maximum absolute atomic E-state index is 13.8. The number of carbonyl (C=O) groups excluding carboxylic acids is 2. The number of amides is 2. The maximum Gasteiger partial charge on any atom is 0.437 e. The van der Waals surface area contributed by atoms with Crippen LogP contribution in [0.3, 0.4) is 0 Å². The van der Waals surface area contributed by atoms with Gasteiger partial charge in [-0.15, -0.1) is 0 Å². The molecule has 2 aromatic rings. The second-order valence-corrected chi connectivity index (χ2v) is 6.90. The van der Waals surface area contributed by atoms with Crippen LogP contribution < -0.4 is 15.4 Å². The van der Waals surface area contributed by atoms with Crippen LogP contribution in [0, 0.1) is 5.92 Å². The molecular formula is C19H16ClF3N2O4. The summed E-state index contributed by atoms with van der Waals surface area (Å²) in [4.78, 5) is 25.1. The van der Waals surface area contributed by atoms with Crippen LogP contribution in [0.5, 0.6) is 5.75 Å². The average molecular weight is 429 g/mol. The summed E-state index contributed by atoms with van der Waals surface area (Å²) in [5.41, 5.74) is -3.73. The van der Waals surface area contributed by atoms with E-state index in [-0.39, 0.29) is 16.1 Å². The Balaban J connectivity index is 2.16. The number of ether oxygens (including phenoxy) is 1. The zero-order valence-electron chi connectivity index (χ0n) is 15.0. The summed E-state index contributed by atoms with van der Waals surface area (Å²) < 4.78 is 46.6. The molecule has 3 atom stereocenters. The van der Waals surface area contributed by atoms with Crippen molar-refractivity contribution >= 4 is 23.4 Å². The monoisotopic (exact) mass is 428 g/mol. The van der Waals surface area contributed by atoms with E-state index in [9.17, 15) is 27.9 Å². The molecule has 3 N–H and O–H groups in total. The van der Waals surface area contributed by atoms with Crippen LogP contribution in [-0.2, 0) is 0 Å². The first-order valence-electron chi connectivity index (χ1n) is 8.38. The van der Waals surface area contributed by atoms with E-state index in [1.165, 1.54) is 54.9 Å². The highest BCUT2D eigenvalue weighted by molar-refractivity contribution is 6.30. The summed E-state index contributed by atoms with van der Waals surface area (Å²) >= 11 is 5.78. The van der Waals surface area contributed by atoms with Crippen LogP contribution >= 0.6 is 11.6 Å². The molecule has 1 heterocycles. The number of urea groups is 1. The van der Waals surface area contributed by atoms with Gasteiger partial charge in [0.15, 0.2) is 5.78 Å². The first kappa shape index (κ1) is 20.9. The summed E-state index contributed by atoms with van der Waals surface area (Å²) in [7, 11) is 1.36. The number of rotatable bonds is 4. The Hall–Kier alpha value is -2.78. The van der Waals surface area contributed by atoms with Crippen LogP contribution in [0.4, 0.5) is 18.0 Å². The number of alkyl halides is 3. The smallest absolute Gasteiger partial charge is 0.437 e. The third-order valence-corrected chi connectivity index (χ3v) is 4.92. The quantitative estimate of drug-likeness (QED) is 0.651. The lowest BCUT2D eigenvalue weighted by atomic mass is 9.77. The number of benzene rings is 2. The Kier molecular flexibility index (Phi) is 5.46. The molecule has 0 aliphatic carbocycles. The second kappa shape index (κ2) is 7.57. The zero-order valence-corrected chi connectivity index (χ0v) is 15.7. The Morgan fingerprint density at radius 2 is 1.86 bits per heavy atom.